The molecule has 5 heteroatoms. The maximum atomic E-state index is 11.9. The largest absolute Gasteiger partial charge is 0.468 e. The highest BCUT2D eigenvalue weighted by molar-refractivity contribution is 5.76. The average molecular weight is 242 g/mol. The van der Waals surface area contributed by atoms with Gasteiger partial charge in [-0.15, -0.1) is 0 Å². The second-order valence-corrected chi connectivity index (χ2v) is 4.82. The quantitative estimate of drug-likeness (QED) is 0.706. The highest BCUT2D eigenvalue weighted by atomic mass is 16.5. The van der Waals surface area contributed by atoms with E-state index in [0.717, 1.165) is 39.0 Å². The lowest BCUT2D eigenvalue weighted by molar-refractivity contribution is -0.153. The molecule has 0 radical (unpaired) electrons. The van der Waals surface area contributed by atoms with E-state index in [-0.39, 0.29) is 24.2 Å². The van der Waals surface area contributed by atoms with Gasteiger partial charge in [-0.1, -0.05) is 0 Å². The fourth-order valence-electron chi connectivity index (χ4n) is 2.68. The molecule has 0 aromatic carbocycles. The Morgan fingerprint density at radius 2 is 2.12 bits per heavy atom. The molecule has 3 atom stereocenters. The van der Waals surface area contributed by atoms with Crippen LogP contribution in [0.3, 0.4) is 0 Å². The van der Waals surface area contributed by atoms with Crippen LogP contribution in [0.4, 0.5) is 0 Å². The summed E-state index contributed by atoms with van der Waals surface area (Å²) >= 11 is 0. The molecule has 0 saturated carbocycles. The lowest BCUT2D eigenvalue weighted by atomic mass is 10.1. The molecule has 5 nitrogen and oxygen atoms in total. The van der Waals surface area contributed by atoms with E-state index >= 15 is 0 Å². The first kappa shape index (κ1) is 12.8. The minimum absolute atomic E-state index is 0.00412. The van der Waals surface area contributed by atoms with Gasteiger partial charge in [-0.2, -0.15) is 0 Å². The third-order valence-corrected chi connectivity index (χ3v) is 3.60. The van der Waals surface area contributed by atoms with Crippen molar-refractivity contribution >= 4 is 5.97 Å². The first-order chi connectivity index (χ1) is 8.22. The van der Waals surface area contributed by atoms with Gasteiger partial charge in [-0.05, 0) is 19.8 Å². The van der Waals surface area contributed by atoms with Crippen molar-refractivity contribution in [3.05, 3.63) is 0 Å². The molecule has 0 aromatic rings. The van der Waals surface area contributed by atoms with E-state index in [1.54, 1.807) is 0 Å². The predicted octanol–water partition coefficient (Wildman–Crippen LogP) is 0.000700. The molecule has 98 valence electrons. The third kappa shape index (κ3) is 2.97. The van der Waals surface area contributed by atoms with Gasteiger partial charge >= 0.3 is 5.97 Å². The normalized spacial score (nSPS) is 32.4. The van der Waals surface area contributed by atoms with Gasteiger partial charge in [0.2, 0.25) is 0 Å². The molecular formula is C12H22N2O3. The summed E-state index contributed by atoms with van der Waals surface area (Å²) in [5.74, 6) is -0.161. The number of hydrogen-bond acceptors (Lipinski definition) is 5. The van der Waals surface area contributed by atoms with Crippen LogP contribution in [0.1, 0.15) is 19.8 Å². The second-order valence-electron chi connectivity index (χ2n) is 4.82. The van der Waals surface area contributed by atoms with Crippen LogP contribution in [0.2, 0.25) is 0 Å². The van der Waals surface area contributed by atoms with Crippen molar-refractivity contribution in [2.24, 2.45) is 0 Å². The maximum Gasteiger partial charge on any atom is 0.325 e. The second kappa shape index (κ2) is 5.80. The van der Waals surface area contributed by atoms with Gasteiger partial charge in [0, 0.05) is 26.2 Å². The van der Waals surface area contributed by atoms with E-state index in [0.29, 0.717) is 0 Å². The Hall–Kier alpha value is -0.650. The number of esters is 1. The van der Waals surface area contributed by atoms with E-state index in [2.05, 4.69) is 17.1 Å². The number of ether oxygens (including phenoxy) is 2. The molecule has 0 bridgehead atoms. The molecule has 0 spiro atoms. The van der Waals surface area contributed by atoms with Crippen LogP contribution < -0.4 is 5.32 Å². The van der Waals surface area contributed by atoms with Crippen molar-refractivity contribution < 1.29 is 14.3 Å². The molecule has 2 saturated heterocycles. The van der Waals surface area contributed by atoms with Crippen molar-refractivity contribution in [1.29, 1.82) is 0 Å². The van der Waals surface area contributed by atoms with E-state index in [9.17, 15) is 4.79 Å². The lowest BCUT2D eigenvalue weighted by Crippen LogP contribution is -2.56. The molecule has 2 rings (SSSR count). The van der Waals surface area contributed by atoms with E-state index in [1.165, 1.54) is 7.11 Å². The fourth-order valence-corrected chi connectivity index (χ4v) is 2.68. The summed E-state index contributed by atoms with van der Waals surface area (Å²) in [6.07, 6.45) is 2.24. The molecule has 3 unspecified atom stereocenters. The molecule has 2 heterocycles. The zero-order chi connectivity index (χ0) is 12.3. The molecule has 0 aromatic heterocycles. The monoisotopic (exact) mass is 242 g/mol. The summed E-state index contributed by atoms with van der Waals surface area (Å²) in [5.41, 5.74) is 0. The van der Waals surface area contributed by atoms with Crippen molar-refractivity contribution in [2.75, 3.05) is 33.3 Å². The molecule has 2 aliphatic heterocycles. The standard InChI is InChI=1S/C12H22N2O3/c1-9-3-4-10(17-9)11(12(15)16-2)14-7-5-13-6-8-14/h9-11,13H,3-8H2,1-2H3. The number of methoxy groups -OCH3 is 1. The van der Waals surface area contributed by atoms with Crippen molar-refractivity contribution in [1.82, 2.24) is 10.2 Å². The molecule has 0 aliphatic carbocycles. The van der Waals surface area contributed by atoms with Crippen LogP contribution in [-0.2, 0) is 14.3 Å². The van der Waals surface area contributed by atoms with Gasteiger partial charge < -0.3 is 14.8 Å². The topological polar surface area (TPSA) is 50.8 Å². The number of hydrogen-bond donors (Lipinski definition) is 1. The van der Waals surface area contributed by atoms with Gasteiger partial charge in [0.1, 0.15) is 6.04 Å². The third-order valence-electron chi connectivity index (χ3n) is 3.60. The molecule has 2 fully saturated rings. The first-order valence-corrected chi connectivity index (χ1v) is 6.40. The van der Waals surface area contributed by atoms with Crippen LogP contribution in [0.15, 0.2) is 0 Å². The maximum absolute atomic E-state index is 11.9. The Kier molecular flexibility index (Phi) is 4.36. The highest BCUT2D eigenvalue weighted by Gasteiger charge is 2.39. The van der Waals surface area contributed by atoms with Crippen molar-refractivity contribution in [3.63, 3.8) is 0 Å². The number of rotatable bonds is 3. The van der Waals surface area contributed by atoms with Crippen LogP contribution >= 0.6 is 0 Å². The predicted molar refractivity (Wildman–Crippen MR) is 63.8 cm³/mol. The minimum Gasteiger partial charge on any atom is -0.468 e. The summed E-state index contributed by atoms with van der Waals surface area (Å²) in [6.45, 7) is 5.68. The van der Waals surface area contributed by atoms with Gasteiger partial charge in [0.15, 0.2) is 0 Å². The van der Waals surface area contributed by atoms with Crippen LogP contribution in [0.5, 0.6) is 0 Å². The average Bonchev–Trinajstić information content (AvgIpc) is 2.77. The Balaban J connectivity index is 2.04. The van der Waals surface area contributed by atoms with Crippen LogP contribution in [0, 0.1) is 0 Å². The number of nitrogens with one attached hydrogen (secondary N) is 1. The molecule has 1 N–H and O–H groups in total. The lowest BCUT2D eigenvalue weighted by Gasteiger charge is -2.35. The highest BCUT2D eigenvalue weighted by Crippen LogP contribution is 2.25. The number of piperazine rings is 1. The Labute approximate surface area is 102 Å². The fraction of sp³-hybridized carbons (Fsp3) is 0.917. The van der Waals surface area contributed by atoms with E-state index < -0.39 is 0 Å². The van der Waals surface area contributed by atoms with E-state index in [1.807, 2.05) is 0 Å². The minimum atomic E-state index is -0.230. The van der Waals surface area contributed by atoms with E-state index in [4.69, 9.17) is 9.47 Å². The smallest absolute Gasteiger partial charge is 0.325 e. The zero-order valence-electron chi connectivity index (χ0n) is 10.6. The summed E-state index contributed by atoms with van der Waals surface area (Å²) < 4.78 is 10.8. The zero-order valence-corrected chi connectivity index (χ0v) is 10.6. The Morgan fingerprint density at radius 3 is 2.65 bits per heavy atom. The Bertz CT molecular complexity index is 262. The van der Waals surface area contributed by atoms with Gasteiger partial charge in [-0.25, -0.2) is 0 Å². The molecular weight excluding hydrogens is 220 g/mol. The number of nitrogens with zero attached hydrogens (tertiary/aromatic N) is 1. The first-order valence-electron chi connectivity index (χ1n) is 6.40. The molecule has 2 aliphatic rings. The number of carbonyl (C=O) groups excluding carboxylic acids is 1. The van der Waals surface area contributed by atoms with Gasteiger partial charge in [0.05, 0.1) is 19.3 Å². The summed E-state index contributed by atoms with van der Waals surface area (Å²) in [6, 6.07) is -0.230. The van der Waals surface area contributed by atoms with Gasteiger partial charge in [0.25, 0.3) is 0 Å². The number of carbonyl (C=O) groups is 1. The van der Waals surface area contributed by atoms with Gasteiger partial charge in [-0.3, -0.25) is 9.69 Å². The molecule has 0 amide bonds. The Morgan fingerprint density at radius 1 is 1.41 bits per heavy atom. The van der Waals surface area contributed by atoms with Crippen molar-refractivity contribution in [2.45, 2.75) is 38.0 Å². The summed E-state index contributed by atoms with van der Waals surface area (Å²) in [7, 11) is 1.45. The van der Waals surface area contributed by atoms with Crippen LogP contribution in [0.25, 0.3) is 0 Å². The summed E-state index contributed by atoms with van der Waals surface area (Å²) in [5, 5.41) is 3.29. The summed E-state index contributed by atoms with van der Waals surface area (Å²) in [4.78, 5) is 14.1. The molecule has 17 heavy (non-hydrogen) atoms. The van der Waals surface area contributed by atoms with Crippen molar-refractivity contribution in [3.8, 4) is 0 Å². The van der Waals surface area contributed by atoms with Crippen LogP contribution in [-0.4, -0.2) is 62.4 Å². The SMILES string of the molecule is COC(=O)C(C1CCC(C)O1)N1CCNCC1.